The van der Waals surface area contributed by atoms with Gasteiger partial charge in [0, 0.05) is 11.9 Å². The van der Waals surface area contributed by atoms with Crippen LogP contribution in [0.1, 0.15) is 19.3 Å². The smallest absolute Gasteiger partial charge is 0.372 e. The van der Waals surface area contributed by atoms with Crippen molar-refractivity contribution in [2.45, 2.75) is 49.9 Å². The quantitative estimate of drug-likeness (QED) is 0.209. The predicted molar refractivity (Wildman–Crippen MR) is 66.5 cm³/mol. The first-order valence-corrected chi connectivity index (χ1v) is 7.71. The number of alkyl halides is 12. The maximum absolute atomic E-state index is 13.1. The molecule has 158 valence electrons. The second kappa shape index (κ2) is 9.19. The van der Waals surface area contributed by atoms with Crippen molar-refractivity contribution < 1.29 is 62.5 Å². The van der Waals surface area contributed by atoms with E-state index in [1.54, 1.807) is 4.74 Å². The summed E-state index contributed by atoms with van der Waals surface area (Å²) in [7, 11) is 0. The molecule has 0 aromatic carbocycles. The van der Waals surface area contributed by atoms with Crippen molar-refractivity contribution in [3.63, 3.8) is 0 Å². The number of hydrogen-bond acceptors (Lipinski definition) is 3. The highest BCUT2D eigenvalue weighted by Gasteiger charge is 2.72. The van der Waals surface area contributed by atoms with Crippen LogP contribution in [0.4, 0.5) is 48.3 Å². The molecule has 0 radical (unpaired) electrons. The van der Waals surface area contributed by atoms with E-state index < -0.39 is 43.8 Å². The van der Waals surface area contributed by atoms with Crippen LogP contribution in [0.25, 0.3) is 0 Å². The van der Waals surface area contributed by atoms with Crippen LogP contribution in [0.5, 0.6) is 0 Å². The fourth-order valence-corrected chi connectivity index (χ4v) is 1.62. The zero-order valence-electron chi connectivity index (χ0n) is 12.5. The van der Waals surface area contributed by atoms with Crippen molar-refractivity contribution in [1.29, 1.82) is 0 Å². The second-order valence-electron chi connectivity index (χ2n) is 4.69. The Bertz CT molecular complexity index is 428. The Morgan fingerprint density at radius 1 is 0.615 bits per heavy atom. The summed E-state index contributed by atoms with van der Waals surface area (Å²) in [6.45, 7) is -2.36. The van der Waals surface area contributed by atoms with E-state index in [9.17, 15) is 48.3 Å². The first-order valence-electron chi connectivity index (χ1n) is 6.59. The Balaban J connectivity index is 4.81. The Morgan fingerprint density at radius 3 is 1.58 bits per heavy atom. The third-order valence-corrected chi connectivity index (χ3v) is 2.96. The summed E-state index contributed by atoms with van der Waals surface area (Å²) in [4.78, 5) is 0. The molecule has 15 heteroatoms. The topological polar surface area (TPSA) is 27.7 Å². The van der Waals surface area contributed by atoms with Crippen molar-refractivity contribution >= 4 is 15.9 Å². The first kappa shape index (κ1) is 25.6. The molecule has 0 spiro atoms. The van der Waals surface area contributed by atoms with E-state index in [0.717, 1.165) is 0 Å². The molecule has 0 heterocycles. The molecule has 0 rings (SSSR count). The first-order chi connectivity index (χ1) is 11.5. The number of ether oxygens (including phenoxy) is 3. The molecule has 26 heavy (non-hydrogen) atoms. The van der Waals surface area contributed by atoms with Crippen LogP contribution in [0.3, 0.4) is 0 Å². The van der Waals surface area contributed by atoms with Gasteiger partial charge in [0.15, 0.2) is 0 Å². The van der Waals surface area contributed by atoms with Gasteiger partial charge in [-0.05, 0) is 12.8 Å². The van der Waals surface area contributed by atoms with Gasteiger partial charge in [-0.3, -0.25) is 0 Å². The van der Waals surface area contributed by atoms with E-state index in [2.05, 4.69) is 25.4 Å². The molecule has 0 N–H and O–H groups in total. The van der Waals surface area contributed by atoms with Gasteiger partial charge in [0.05, 0.1) is 0 Å². The molecule has 0 atom stereocenters. The Morgan fingerprint density at radius 2 is 1.12 bits per heavy atom. The lowest BCUT2D eigenvalue weighted by atomic mass is 10.3. The molecule has 0 saturated heterocycles. The van der Waals surface area contributed by atoms with Gasteiger partial charge in [0.25, 0.3) is 0 Å². The summed E-state index contributed by atoms with van der Waals surface area (Å²) in [5.41, 5.74) is 0. The third-order valence-electron chi connectivity index (χ3n) is 2.40. The van der Waals surface area contributed by atoms with E-state index in [-0.39, 0.29) is 6.42 Å². The molecular formula is C11H12BrF11O3. The highest BCUT2D eigenvalue weighted by molar-refractivity contribution is 9.09. The minimum absolute atomic E-state index is 0.204. The molecule has 0 saturated carbocycles. The van der Waals surface area contributed by atoms with Crippen LogP contribution in [-0.4, -0.2) is 49.2 Å². The summed E-state index contributed by atoms with van der Waals surface area (Å²) in [5.74, 6) is 0. The number of unbranched alkanes of at least 4 members (excludes halogenated alkanes) is 2. The fourth-order valence-electron chi connectivity index (χ4n) is 1.22. The van der Waals surface area contributed by atoms with Gasteiger partial charge in [0.1, 0.15) is 6.61 Å². The SMILES string of the molecule is FC(F)(COCCCCCBr)OC(F)(F)C(F)(F)OC(F)(F)C(F)(F)F. The van der Waals surface area contributed by atoms with Crippen molar-refractivity contribution in [2.24, 2.45) is 0 Å². The summed E-state index contributed by atoms with van der Waals surface area (Å²) in [6.07, 6.45) is -30.6. The normalized spacial score (nSPS) is 14.8. The molecule has 0 aliphatic rings. The standard InChI is InChI=1S/C11H12BrF11O3/c12-4-2-1-3-5-24-6-7(13,14)25-10(20,21)11(22,23)26-9(18,19)8(15,16)17/h1-6H2. The van der Waals surface area contributed by atoms with E-state index in [0.29, 0.717) is 18.2 Å². The van der Waals surface area contributed by atoms with Gasteiger partial charge >= 0.3 is 30.6 Å². The minimum Gasteiger partial charge on any atom is -0.372 e. The van der Waals surface area contributed by atoms with E-state index in [4.69, 9.17) is 0 Å². The third kappa shape index (κ3) is 8.08. The summed E-state index contributed by atoms with van der Waals surface area (Å²) < 4.78 is 146. The van der Waals surface area contributed by atoms with Crippen LogP contribution in [0, 0.1) is 0 Å². The minimum atomic E-state index is -6.80. The molecular weight excluding hydrogens is 469 g/mol. The molecule has 0 unspecified atom stereocenters. The molecule has 0 aromatic rings. The van der Waals surface area contributed by atoms with Crippen molar-refractivity contribution in [3.05, 3.63) is 0 Å². The van der Waals surface area contributed by atoms with Gasteiger partial charge in [-0.25, -0.2) is 9.47 Å². The summed E-state index contributed by atoms with van der Waals surface area (Å²) >= 11 is 3.06. The Hall–Kier alpha value is -0.410. The van der Waals surface area contributed by atoms with E-state index in [1.165, 1.54) is 0 Å². The summed E-state index contributed by atoms with van der Waals surface area (Å²) in [5, 5.41) is 0.593. The van der Waals surface area contributed by atoms with Gasteiger partial charge < -0.3 is 4.74 Å². The lowest BCUT2D eigenvalue weighted by Crippen LogP contribution is -2.55. The van der Waals surface area contributed by atoms with Gasteiger partial charge in [0.2, 0.25) is 0 Å². The zero-order valence-corrected chi connectivity index (χ0v) is 14.1. The van der Waals surface area contributed by atoms with Gasteiger partial charge in [-0.15, -0.1) is 0 Å². The monoisotopic (exact) mass is 480 g/mol. The molecule has 0 aliphatic carbocycles. The number of halogens is 12. The van der Waals surface area contributed by atoms with Crippen LogP contribution in [0.2, 0.25) is 0 Å². The molecule has 0 aromatic heterocycles. The average Bonchev–Trinajstić information content (AvgIpc) is 2.38. The molecule has 0 aliphatic heterocycles. The number of rotatable bonds is 12. The zero-order chi connectivity index (χ0) is 20.9. The fraction of sp³-hybridized carbons (Fsp3) is 1.00. The van der Waals surface area contributed by atoms with Crippen LogP contribution >= 0.6 is 15.9 Å². The van der Waals surface area contributed by atoms with Crippen LogP contribution in [-0.2, 0) is 14.2 Å². The highest BCUT2D eigenvalue weighted by atomic mass is 79.9. The van der Waals surface area contributed by atoms with Crippen molar-refractivity contribution in [3.8, 4) is 0 Å². The van der Waals surface area contributed by atoms with E-state index >= 15 is 0 Å². The van der Waals surface area contributed by atoms with Crippen LogP contribution < -0.4 is 0 Å². The van der Waals surface area contributed by atoms with E-state index in [1.807, 2.05) is 0 Å². The lowest BCUT2D eigenvalue weighted by molar-refractivity contribution is -0.537. The Kier molecular flexibility index (Phi) is 9.04. The largest absolute Gasteiger partial charge is 0.483 e. The van der Waals surface area contributed by atoms with Gasteiger partial charge in [-0.1, -0.05) is 22.4 Å². The molecule has 0 bridgehead atoms. The predicted octanol–water partition coefficient (Wildman–Crippen LogP) is 5.53. The number of hydrogen-bond donors (Lipinski definition) is 0. The molecule has 0 fully saturated rings. The Labute approximate surface area is 147 Å². The van der Waals surface area contributed by atoms with Crippen molar-refractivity contribution in [1.82, 2.24) is 0 Å². The highest BCUT2D eigenvalue weighted by Crippen LogP contribution is 2.47. The van der Waals surface area contributed by atoms with Crippen molar-refractivity contribution in [2.75, 3.05) is 18.5 Å². The average molecular weight is 481 g/mol. The molecule has 3 nitrogen and oxygen atoms in total. The van der Waals surface area contributed by atoms with Crippen LogP contribution in [0.15, 0.2) is 0 Å². The maximum atomic E-state index is 13.1. The summed E-state index contributed by atoms with van der Waals surface area (Å²) in [6, 6.07) is 0. The second-order valence-corrected chi connectivity index (χ2v) is 5.48. The lowest BCUT2D eigenvalue weighted by Gasteiger charge is -2.31. The maximum Gasteiger partial charge on any atom is 0.483 e. The van der Waals surface area contributed by atoms with Gasteiger partial charge in [-0.2, -0.15) is 48.3 Å². The molecule has 0 amide bonds.